The molecular weight excluding hydrogens is 266 g/mol. The second-order valence-electron chi connectivity index (χ2n) is 7.67. The van der Waals surface area contributed by atoms with Gasteiger partial charge in [0, 0.05) is 19.1 Å². The first-order chi connectivity index (χ1) is 9.81. The van der Waals surface area contributed by atoms with Gasteiger partial charge in [-0.3, -0.25) is 9.59 Å². The quantitative estimate of drug-likeness (QED) is 0.802. The Kier molecular flexibility index (Phi) is 4.91. The number of rotatable bonds is 5. The van der Waals surface area contributed by atoms with E-state index in [1.54, 1.807) is 4.90 Å². The van der Waals surface area contributed by atoms with Gasteiger partial charge in [-0.15, -0.1) is 0 Å². The van der Waals surface area contributed by atoms with Crippen LogP contribution in [0.25, 0.3) is 0 Å². The number of nitrogens with two attached hydrogens (primary N) is 1. The maximum absolute atomic E-state index is 12.7. The summed E-state index contributed by atoms with van der Waals surface area (Å²) in [6.07, 6.45) is 4.58. The average molecular weight is 295 g/mol. The molecule has 2 atom stereocenters. The molecule has 0 radical (unpaired) electrons. The van der Waals surface area contributed by atoms with Gasteiger partial charge in [-0.2, -0.15) is 0 Å². The van der Waals surface area contributed by atoms with Crippen LogP contribution in [0.3, 0.4) is 0 Å². The predicted molar refractivity (Wildman–Crippen MR) is 82.5 cm³/mol. The lowest BCUT2D eigenvalue weighted by molar-refractivity contribution is -0.142. The van der Waals surface area contributed by atoms with E-state index < -0.39 is 0 Å². The summed E-state index contributed by atoms with van der Waals surface area (Å²) in [6.45, 7) is 7.38. The van der Waals surface area contributed by atoms with Gasteiger partial charge in [-0.05, 0) is 37.5 Å². The topological polar surface area (TPSA) is 75.4 Å². The Hall–Kier alpha value is -1.10. The van der Waals surface area contributed by atoms with Crippen molar-refractivity contribution in [2.24, 2.45) is 17.1 Å². The lowest BCUT2D eigenvalue weighted by Crippen LogP contribution is -2.49. The van der Waals surface area contributed by atoms with Crippen molar-refractivity contribution < 1.29 is 9.59 Å². The van der Waals surface area contributed by atoms with Gasteiger partial charge in [0.2, 0.25) is 11.8 Å². The van der Waals surface area contributed by atoms with Crippen molar-refractivity contribution in [3.8, 4) is 0 Å². The Bertz CT molecular complexity index is 399. The highest BCUT2D eigenvalue weighted by molar-refractivity contribution is 5.89. The third kappa shape index (κ3) is 4.43. The van der Waals surface area contributed by atoms with Crippen molar-refractivity contribution in [2.45, 2.75) is 65.0 Å². The molecule has 1 aliphatic carbocycles. The van der Waals surface area contributed by atoms with E-state index in [4.69, 9.17) is 5.73 Å². The molecule has 2 aliphatic rings. The number of likely N-dealkylation sites (tertiary alicyclic amines) is 1. The summed E-state index contributed by atoms with van der Waals surface area (Å²) >= 11 is 0. The second-order valence-corrected chi connectivity index (χ2v) is 7.67. The van der Waals surface area contributed by atoms with Crippen LogP contribution < -0.4 is 11.1 Å². The van der Waals surface area contributed by atoms with Crippen molar-refractivity contribution in [1.29, 1.82) is 0 Å². The number of hydrogen-bond donors (Lipinski definition) is 2. The van der Waals surface area contributed by atoms with E-state index in [2.05, 4.69) is 26.1 Å². The monoisotopic (exact) mass is 295 g/mol. The number of nitrogens with one attached hydrogen (secondary N) is 1. The van der Waals surface area contributed by atoms with E-state index >= 15 is 0 Å². The van der Waals surface area contributed by atoms with Crippen molar-refractivity contribution in [1.82, 2.24) is 10.2 Å². The van der Waals surface area contributed by atoms with Gasteiger partial charge in [0.05, 0.1) is 5.92 Å². The second kappa shape index (κ2) is 6.34. The molecule has 2 unspecified atom stereocenters. The summed E-state index contributed by atoms with van der Waals surface area (Å²) < 4.78 is 0. The highest BCUT2D eigenvalue weighted by Gasteiger charge is 2.39. The van der Waals surface area contributed by atoms with Crippen LogP contribution in [-0.2, 0) is 9.59 Å². The fourth-order valence-electron chi connectivity index (χ4n) is 3.07. The molecular formula is C16H29N3O2. The fraction of sp³-hybridized carbons (Fsp3) is 0.875. The maximum Gasteiger partial charge on any atom is 0.243 e. The molecule has 2 rings (SSSR count). The van der Waals surface area contributed by atoms with Crippen LogP contribution in [0.2, 0.25) is 0 Å². The third-order valence-electron chi connectivity index (χ3n) is 4.25. The van der Waals surface area contributed by atoms with Crippen molar-refractivity contribution in [3.63, 3.8) is 0 Å². The van der Waals surface area contributed by atoms with Crippen LogP contribution >= 0.6 is 0 Å². The number of hydrogen-bond acceptors (Lipinski definition) is 3. The molecule has 5 nitrogen and oxygen atoms in total. The minimum Gasteiger partial charge on any atom is -0.352 e. The van der Waals surface area contributed by atoms with Gasteiger partial charge >= 0.3 is 0 Å². The van der Waals surface area contributed by atoms with E-state index in [0.29, 0.717) is 19.1 Å². The summed E-state index contributed by atoms with van der Waals surface area (Å²) in [4.78, 5) is 26.8. The molecule has 3 N–H and O–H groups in total. The largest absolute Gasteiger partial charge is 0.352 e. The first-order valence-electron chi connectivity index (χ1n) is 8.13. The van der Waals surface area contributed by atoms with E-state index in [0.717, 1.165) is 32.1 Å². The molecule has 1 heterocycles. The fourth-order valence-corrected chi connectivity index (χ4v) is 3.07. The lowest BCUT2D eigenvalue weighted by Gasteiger charge is -2.31. The first-order valence-corrected chi connectivity index (χ1v) is 8.13. The Morgan fingerprint density at radius 2 is 1.95 bits per heavy atom. The smallest absolute Gasteiger partial charge is 0.243 e. The molecule has 1 aliphatic heterocycles. The third-order valence-corrected chi connectivity index (χ3v) is 4.25. The van der Waals surface area contributed by atoms with Crippen molar-refractivity contribution >= 4 is 11.8 Å². The molecule has 2 fully saturated rings. The van der Waals surface area contributed by atoms with Gasteiger partial charge in [0.1, 0.15) is 6.04 Å². The molecule has 120 valence electrons. The van der Waals surface area contributed by atoms with Crippen LogP contribution in [0.4, 0.5) is 0 Å². The van der Waals surface area contributed by atoms with Crippen LogP contribution in [0.1, 0.15) is 52.9 Å². The average Bonchev–Trinajstić information content (AvgIpc) is 3.06. The van der Waals surface area contributed by atoms with Crippen molar-refractivity contribution in [2.75, 3.05) is 13.1 Å². The number of nitrogens with zero attached hydrogens (tertiary/aromatic N) is 1. The Morgan fingerprint density at radius 1 is 1.29 bits per heavy atom. The van der Waals surface area contributed by atoms with E-state index in [-0.39, 0.29) is 29.2 Å². The molecule has 1 saturated heterocycles. The van der Waals surface area contributed by atoms with Crippen LogP contribution in [-0.4, -0.2) is 41.9 Å². The molecule has 21 heavy (non-hydrogen) atoms. The van der Waals surface area contributed by atoms with Crippen molar-refractivity contribution in [3.05, 3.63) is 0 Å². The van der Waals surface area contributed by atoms with Gasteiger partial charge in [0.15, 0.2) is 0 Å². The molecule has 5 heteroatoms. The van der Waals surface area contributed by atoms with Gasteiger partial charge in [0.25, 0.3) is 0 Å². The molecule has 2 amide bonds. The molecule has 0 bridgehead atoms. The molecule has 0 spiro atoms. The standard InChI is InChI=1S/C16H29N3O2/c1-16(2,3)9-11(10-17)15(21)19-8-4-5-13(19)14(20)18-12-6-7-12/h11-13H,4-10,17H2,1-3H3,(H,18,20). The molecule has 1 saturated carbocycles. The minimum atomic E-state index is -0.285. The van der Waals surface area contributed by atoms with E-state index in [1.165, 1.54) is 0 Å². The number of carbonyl (C=O) groups excluding carboxylic acids is 2. The lowest BCUT2D eigenvalue weighted by atomic mass is 9.84. The van der Waals surface area contributed by atoms with Crippen LogP contribution in [0.5, 0.6) is 0 Å². The summed E-state index contributed by atoms with van der Waals surface area (Å²) in [7, 11) is 0. The minimum absolute atomic E-state index is 0.0230. The Morgan fingerprint density at radius 3 is 2.48 bits per heavy atom. The highest BCUT2D eigenvalue weighted by Crippen LogP contribution is 2.28. The summed E-state index contributed by atoms with van der Waals surface area (Å²) in [5.74, 6) is -0.102. The van der Waals surface area contributed by atoms with Crippen LogP contribution in [0, 0.1) is 11.3 Å². The van der Waals surface area contributed by atoms with Gasteiger partial charge < -0.3 is 16.0 Å². The zero-order valence-electron chi connectivity index (χ0n) is 13.5. The van der Waals surface area contributed by atoms with E-state index in [1.807, 2.05) is 0 Å². The highest BCUT2D eigenvalue weighted by atomic mass is 16.2. The van der Waals surface area contributed by atoms with Gasteiger partial charge in [-0.25, -0.2) is 0 Å². The summed E-state index contributed by atoms with van der Waals surface area (Å²) in [5, 5.41) is 3.02. The number of amides is 2. The molecule has 0 aromatic carbocycles. The van der Waals surface area contributed by atoms with Gasteiger partial charge in [-0.1, -0.05) is 20.8 Å². The first kappa shape index (κ1) is 16.3. The Labute approximate surface area is 127 Å². The summed E-state index contributed by atoms with van der Waals surface area (Å²) in [6, 6.07) is 0.0575. The molecule has 0 aromatic heterocycles. The molecule has 0 aromatic rings. The maximum atomic E-state index is 12.7. The zero-order valence-corrected chi connectivity index (χ0v) is 13.5. The SMILES string of the molecule is CC(C)(C)CC(CN)C(=O)N1CCCC1C(=O)NC1CC1. The zero-order chi connectivity index (χ0) is 15.6. The predicted octanol–water partition coefficient (Wildman–Crippen LogP) is 1.27. The Balaban J connectivity index is 1.99. The number of carbonyl (C=O) groups is 2. The normalized spacial score (nSPS) is 24.0. The van der Waals surface area contributed by atoms with E-state index in [9.17, 15) is 9.59 Å². The summed E-state index contributed by atoms with van der Waals surface area (Å²) in [5.41, 5.74) is 5.87. The van der Waals surface area contributed by atoms with Crippen LogP contribution in [0.15, 0.2) is 0 Å².